The first-order chi connectivity index (χ1) is 16.6. The van der Waals surface area contributed by atoms with Gasteiger partial charge in [0, 0.05) is 23.5 Å². The minimum absolute atomic E-state index is 0.100. The summed E-state index contributed by atoms with van der Waals surface area (Å²) < 4.78 is 6.89. The number of carbonyl (C=O) groups is 2. The summed E-state index contributed by atoms with van der Waals surface area (Å²) in [5, 5.41) is 14.7. The molecule has 0 saturated carbocycles. The van der Waals surface area contributed by atoms with Gasteiger partial charge in [0.15, 0.2) is 0 Å². The van der Waals surface area contributed by atoms with Crippen molar-refractivity contribution in [2.75, 3.05) is 31.6 Å². The van der Waals surface area contributed by atoms with Crippen molar-refractivity contribution in [2.45, 2.75) is 6.92 Å². The zero-order valence-electron chi connectivity index (χ0n) is 18.5. The van der Waals surface area contributed by atoms with Crippen LogP contribution in [0.15, 0.2) is 60.9 Å². The summed E-state index contributed by atoms with van der Waals surface area (Å²) in [7, 11) is 0. The molecular formula is C24H22N6O3S. The van der Waals surface area contributed by atoms with Crippen LogP contribution in [0.2, 0.25) is 0 Å². The second-order valence-corrected chi connectivity index (χ2v) is 8.81. The number of benzene rings is 2. The highest BCUT2D eigenvalue weighted by molar-refractivity contribution is 7.20. The third kappa shape index (κ3) is 4.33. The van der Waals surface area contributed by atoms with Gasteiger partial charge in [-0.2, -0.15) is 0 Å². The minimum atomic E-state index is -0.313. The first kappa shape index (κ1) is 21.9. The van der Waals surface area contributed by atoms with E-state index in [1.165, 1.54) is 22.3 Å². The van der Waals surface area contributed by atoms with Gasteiger partial charge in [-0.3, -0.25) is 9.59 Å². The number of anilines is 1. The van der Waals surface area contributed by atoms with Crippen molar-refractivity contribution in [1.29, 1.82) is 0 Å². The topological polar surface area (TPSA) is 102 Å². The Morgan fingerprint density at radius 3 is 2.59 bits per heavy atom. The summed E-state index contributed by atoms with van der Waals surface area (Å²) in [6.07, 6.45) is 1.46. The second-order valence-electron chi connectivity index (χ2n) is 7.79. The Morgan fingerprint density at radius 2 is 1.85 bits per heavy atom. The zero-order chi connectivity index (χ0) is 23.5. The Balaban J connectivity index is 1.50. The lowest BCUT2D eigenvalue weighted by molar-refractivity contribution is 0.0303. The molecule has 5 rings (SSSR count). The number of ether oxygens (including phenoxy) is 1. The van der Waals surface area contributed by atoms with Crippen LogP contribution in [-0.2, 0) is 4.74 Å². The van der Waals surface area contributed by atoms with E-state index in [1.807, 2.05) is 43.3 Å². The molecule has 0 spiro atoms. The number of amides is 2. The summed E-state index contributed by atoms with van der Waals surface area (Å²) >= 11 is 1.41. The number of tetrazole rings is 1. The van der Waals surface area contributed by atoms with Crippen molar-refractivity contribution in [3.05, 3.63) is 77.6 Å². The molecule has 0 aliphatic carbocycles. The number of morpholine rings is 1. The minimum Gasteiger partial charge on any atom is -0.378 e. The van der Waals surface area contributed by atoms with Crippen LogP contribution >= 0.6 is 11.3 Å². The van der Waals surface area contributed by atoms with Crippen LogP contribution < -0.4 is 5.32 Å². The van der Waals surface area contributed by atoms with Crippen LogP contribution in [0.3, 0.4) is 0 Å². The Bertz CT molecular complexity index is 1310. The normalized spacial score (nSPS) is 13.6. The predicted molar refractivity (Wildman–Crippen MR) is 128 cm³/mol. The number of carbonyl (C=O) groups excluding carboxylic acids is 2. The molecule has 4 aromatic rings. The molecule has 0 radical (unpaired) electrons. The summed E-state index contributed by atoms with van der Waals surface area (Å²) in [6, 6.07) is 16.9. The molecule has 2 amide bonds. The maximum atomic E-state index is 13.5. The van der Waals surface area contributed by atoms with E-state index in [2.05, 4.69) is 20.8 Å². The molecule has 1 fully saturated rings. The first-order valence-electron chi connectivity index (χ1n) is 10.8. The summed E-state index contributed by atoms with van der Waals surface area (Å²) in [6.45, 7) is 3.99. The van der Waals surface area contributed by atoms with Crippen molar-refractivity contribution in [3.63, 3.8) is 0 Å². The molecular weight excluding hydrogens is 452 g/mol. The van der Waals surface area contributed by atoms with E-state index in [0.717, 1.165) is 16.0 Å². The van der Waals surface area contributed by atoms with Crippen LogP contribution in [0, 0.1) is 6.92 Å². The highest BCUT2D eigenvalue weighted by atomic mass is 32.1. The van der Waals surface area contributed by atoms with Gasteiger partial charge in [0.05, 0.1) is 24.5 Å². The number of nitrogens with zero attached hydrogens (tertiary/aromatic N) is 5. The van der Waals surface area contributed by atoms with Crippen molar-refractivity contribution in [3.8, 4) is 16.1 Å². The van der Waals surface area contributed by atoms with Gasteiger partial charge in [-0.25, -0.2) is 4.68 Å². The molecule has 0 unspecified atom stereocenters. The van der Waals surface area contributed by atoms with E-state index < -0.39 is 0 Å². The number of rotatable bonds is 5. The van der Waals surface area contributed by atoms with Crippen molar-refractivity contribution < 1.29 is 14.3 Å². The van der Waals surface area contributed by atoms with Crippen molar-refractivity contribution >= 4 is 28.2 Å². The van der Waals surface area contributed by atoms with Gasteiger partial charge < -0.3 is 15.0 Å². The predicted octanol–water partition coefficient (Wildman–Crippen LogP) is 3.42. The third-order valence-corrected chi connectivity index (χ3v) is 6.90. The molecule has 3 heterocycles. The molecule has 0 atom stereocenters. The first-order valence-corrected chi connectivity index (χ1v) is 11.6. The van der Waals surface area contributed by atoms with Crippen LogP contribution in [0.4, 0.5) is 5.00 Å². The molecule has 1 N–H and O–H groups in total. The Hall–Kier alpha value is -3.89. The van der Waals surface area contributed by atoms with E-state index in [9.17, 15) is 9.59 Å². The molecule has 1 saturated heterocycles. The Labute approximate surface area is 200 Å². The summed E-state index contributed by atoms with van der Waals surface area (Å²) in [5.74, 6) is -0.413. The van der Waals surface area contributed by atoms with Gasteiger partial charge in [-0.05, 0) is 46.7 Å². The van der Waals surface area contributed by atoms with Gasteiger partial charge in [-0.1, -0.05) is 36.4 Å². The summed E-state index contributed by atoms with van der Waals surface area (Å²) in [4.78, 5) is 29.5. The van der Waals surface area contributed by atoms with Crippen LogP contribution in [0.25, 0.3) is 16.1 Å². The van der Waals surface area contributed by atoms with Gasteiger partial charge in [0.25, 0.3) is 11.8 Å². The fourth-order valence-electron chi connectivity index (χ4n) is 3.89. The van der Waals surface area contributed by atoms with Crippen LogP contribution in [0.1, 0.15) is 26.3 Å². The number of hydrogen-bond donors (Lipinski definition) is 1. The molecule has 1 aliphatic heterocycles. The van der Waals surface area contributed by atoms with Gasteiger partial charge >= 0.3 is 0 Å². The lowest BCUT2D eigenvalue weighted by Gasteiger charge is -2.27. The van der Waals surface area contributed by atoms with E-state index in [4.69, 9.17) is 4.74 Å². The Morgan fingerprint density at radius 1 is 1.06 bits per heavy atom. The zero-order valence-corrected chi connectivity index (χ0v) is 19.3. The highest BCUT2D eigenvalue weighted by Crippen LogP contribution is 2.40. The smallest absolute Gasteiger partial charge is 0.257 e. The van der Waals surface area contributed by atoms with Gasteiger partial charge in [0.1, 0.15) is 11.3 Å². The van der Waals surface area contributed by atoms with E-state index in [0.29, 0.717) is 48.1 Å². The average Bonchev–Trinajstić information content (AvgIpc) is 3.53. The van der Waals surface area contributed by atoms with Crippen LogP contribution in [0.5, 0.6) is 0 Å². The maximum absolute atomic E-state index is 13.5. The molecule has 2 aromatic carbocycles. The molecule has 2 aromatic heterocycles. The van der Waals surface area contributed by atoms with Gasteiger partial charge in [-0.15, -0.1) is 16.4 Å². The fraction of sp³-hybridized carbons (Fsp3) is 0.208. The fourth-order valence-corrected chi connectivity index (χ4v) is 5.09. The lowest BCUT2D eigenvalue weighted by Crippen LogP contribution is -2.41. The van der Waals surface area contributed by atoms with E-state index in [1.54, 1.807) is 23.1 Å². The number of thiophene rings is 1. The molecule has 34 heavy (non-hydrogen) atoms. The summed E-state index contributed by atoms with van der Waals surface area (Å²) in [5.41, 5.74) is 3.48. The standard InChI is InChI=1S/C24H22N6O3S/c1-16-20(24(32)29-10-12-33-13-11-29)23(34-21(16)17-6-3-2-4-7-17)26-22(31)18-8-5-9-19(14-18)30-15-25-27-28-30/h2-9,14-15H,10-13H2,1H3,(H,26,31). The van der Waals surface area contributed by atoms with Gasteiger partial charge in [0.2, 0.25) is 0 Å². The molecule has 172 valence electrons. The molecule has 9 nitrogen and oxygen atoms in total. The van der Waals surface area contributed by atoms with Crippen molar-refractivity contribution in [2.24, 2.45) is 0 Å². The monoisotopic (exact) mass is 474 g/mol. The Kier molecular flexibility index (Phi) is 6.15. The number of nitrogens with one attached hydrogen (secondary N) is 1. The molecule has 1 aliphatic rings. The SMILES string of the molecule is Cc1c(-c2ccccc2)sc(NC(=O)c2cccc(-n3cnnn3)c2)c1C(=O)N1CCOCC1. The van der Waals surface area contributed by atoms with Crippen LogP contribution in [-0.4, -0.2) is 63.2 Å². The molecule has 0 bridgehead atoms. The number of aromatic nitrogens is 4. The van der Waals surface area contributed by atoms with E-state index in [-0.39, 0.29) is 11.8 Å². The second kappa shape index (κ2) is 9.54. The largest absolute Gasteiger partial charge is 0.378 e. The van der Waals surface area contributed by atoms with E-state index >= 15 is 0 Å². The maximum Gasteiger partial charge on any atom is 0.257 e. The lowest BCUT2D eigenvalue weighted by atomic mass is 10.1. The highest BCUT2D eigenvalue weighted by Gasteiger charge is 2.28. The quantitative estimate of drug-likeness (QED) is 0.476. The number of hydrogen-bond acceptors (Lipinski definition) is 7. The third-order valence-electron chi connectivity index (χ3n) is 5.64. The van der Waals surface area contributed by atoms with Crippen molar-refractivity contribution in [1.82, 2.24) is 25.1 Å². The average molecular weight is 475 g/mol. The molecule has 10 heteroatoms.